The molecule has 4 rings (SSSR count). The molecule has 188 valence electrons. The molecule has 0 radical (unpaired) electrons. The van der Waals surface area contributed by atoms with Gasteiger partial charge in [0.15, 0.2) is 0 Å². The lowest BCUT2D eigenvalue weighted by atomic mass is 9.93. The van der Waals surface area contributed by atoms with E-state index >= 15 is 0 Å². The molecule has 3 aromatic rings. The van der Waals surface area contributed by atoms with Crippen molar-refractivity contribution in [1.29, 1.82) is 0 Å². The van der Waals surface area contributed by atoms with Crippen molar-refractivity contribution in [2.45, 2.75) is 51.1 Å². The third-order valence-electron chi connectivity index (χ3n) is 6.87. The molecule has 2 amide bonds. The van der Waals surface area contributed by atoms with Crippen molar-refractivity contribution < 1.29 is 14.0 Å². The number of likely N-dealkylation sites (N-methyl/N-ethyl adjacent to an activating group) is 1. The molecule has 6 heteroatoms. The summed E-state index contributed by atoms with van der Waals surface area (Å²) in [6, 6.07) is 22.2. The van der Waals surface area contributed by atoms with E-state index in [1.807, 2.05) is 73.5 Å². The van der Waals surface area contributed by atoms with E-state index in [0.29, 0.717) is 5.69 Å². The fourth-order valence-corrected chi connectivity index (χ4v) is 4.93. The highest BCUT2D eigenvalue weighted by molar-refractivity contribution is 6.03. The van der Waals surface area contributed by atoms with Gasteiger partial charge in [0, 0.05) is 24.5 Å². The van der Waals surface area contributed by atoms with E-state index < -0.39 is 11.9 Å². The van der Waals surface area contributed by atoms with E-state index in [4.69, 9.17) is 0 Å². The van der Waals surface area contributed by atoms with Crippen LogP contribution in [0.25, 0.3) is 0 Å². The van der Waals surface area contributed by atoms with Crippen LogP contribution in [-0.2, 0) is 9.59 Å². The first-order valence-corrected chi connectivity index (χ1v) is 12.6. The summed E-state index contributed by atoms with van der Waals surface area (Å²) in [7, 11) is 1.84. The Balaban J connectivity index is 1.74. The Bertz CT molecular complexity index is 1180. The summed E-state index contributed by atoms with van der Waals surface area (Å²) in [5.74, 6) is -0.992. The first-order chi connectivity index (χ1) is 17.4. The van der Waals surface area contributed by atoms with Crippen LogP contribution in [0.3, 0.4) is 0 Å². The Morgan fingerprint density at radius 1 is 0.917 bits per heavy atom. The number of nitrogens with zero attached hydrogens (tertiary/aromatic N) is 2. The van der Waals surface area contributed by atoms with E-state index in [-0.39, 0.29) is 24.4 Å². The number of para-hydroxylation sites is 1. The molecule has 5 nitrogen and oxygen atoms in total. The lowest BCUT2D eigenvalue weighted by molar-refractivity contribution is -0.126. The molecule has 1 saturated carbocycles. The van der Waals surface area contributed by atoms with Crippen LogP contribution in [0.1, 0.15) is 49.3 Å². The standard InChI is InChI=1S/C30H34FN3O2/c1-22-12-9-10-19-27(22)29(30(36)32-24-14-5-3-6-15-24)34(26-18-11-13-23(31)20-26)28(35)21-33(2)25-16-7-4-8-17-25/h4,7-13,16-20,24,29H,3,5-6,14-15,21H2,1-2H3,(H,32,36). The Kier molecular flexibility index (Phi) is 8.36. The summed E-state index contributed by atoms with van der Waals surface area (Å²) in [4.78, 5) is 31.2. The lowest BCUT2D eigenvalue weighted by Gasteiger charge is -2.35. The number of benzene rings is 3. The number of hydrogen-bond donors (Lipinski definition) is 1. The van der Waals surface area contributed by atoms with Gasteiger partial charge in [-0.05, 0) is 61.2 Å². The molecule has 1 N–H and O–H groups in total. The predicted octanol–water partition coefficient (Wildman–Crippen LogP) is 5.79. The van der Waals surface area contributed by atoms with Gasteiger partial charge < -0.3 is 10.2 Å². The normalized spacial score (nSPS) is 14.6. The number of amides is 2. The quantitative estimate of drug-likeness (QED) is 0.437. The first kappa shape index (κ1) is 25.4. The fraction of sp³-hybridized carbons (Fsp3) is 0.333. The van der Waals surface area contributed by atoms with Gasteiger partial charge in [-0.1, -0.05) is 67.8 Å². The SMILES string of the molecule is Cc1ccccc1C(C(=O)NC1CCCCC1)N(C(=O)CN(C)c1ccccc1)c1cccc(F)c1. The van der Waals surface area contributed by atoms with Gasteiger partial charge in [-0.2, -0.15) is 0 Å². The Morgan fingerprint density at radius 2 is 1.58 bits per heavy atom. The predicted molar refractivity (Wildman–Crippen MR) is 143 cm³/mol. The minimum absolute atomic E-state index is 0.0274. The number of nitrogens with one attached hydrogen (secondary N) is 1. The van der Waals surface area contributed by atoms with Crippen molar-refractivity contribution in [2.24, 2.45) is 0 Å². The Labute approximate surface area is 212 Å². The van der Waals surface area contributed by atoms with Crippen LogP contribution in [-0.4, -0.2) is 31.4 Å². The monoisotopic (exact) mass is 487 g/mol. The lowest BCUT2D eigenvalue weighted by Crippen LogP contribution is -2.49. The van der Waals surface area contributed by atoms with Crippen molar-refractivity contribution in [1.82, 2.24) is 5.32 Å². The second-order valence-electron chi connectivity index (χ2n) is 9.54. The Hall–Kier alpha value is -3.67. The van der Waals surface area contributed by atoms with Crippen molar-refractivity contribution in [2.75, 3.05) is 23.4 Å². The van der Waals surface area contributed by atoms with Crippen LogP contribution in [0.4, 0.5) is 15.8 Å². The number of carbonyl (C=O) groups excluding carboxylic acids is 2. The average molecular weight is 488 g/mol. The van der Waals surface area contributed by atoms with E-state index in [0.717, 1.165) is 42.5 Å². The fourth-order valence-electron chi connectivity index (χ4n) is 4.93. The zero-order chi connectivity index (χ0) is 25.5. The molecule has 1 aliphatic carbocycles. The second-order valence-corrected chi connectivity index (χ2v) is 9.54. The number of carbonyl (C=O) groups is 2. The summed E-state index contributed by atoms with van der Waals surface area (Å²) < 4.78 is 14.4. The van der Waals surface area contributed by atoms with Gasteiger partial charge >= 0.3 is 0 Å². The smallest absolute Gasteiger partial charge is 0.248 e. The minimum atomic E-state index is -0.924. The van der Waals surface area contributed by atoms with Crippen LogP contribution in [0.5, 0.6) is 0 Å². The highest BCUT2D eigenvalue weighted by Gasteiger charge is 2.35. The van der Waals surface area contributed by atoms with Crippen molar-refractivity contribution >= 4 is 23.2 Å². The van der Waals surface area contributed by atoms with Gasteiger partial charge in [-0.3, -0.25) is 14.5 Å². The van der Waals surface area contributed by atoms with Gasteiger partial charge in [-0.15, -0.1) is 0 Å². The van der Waals surface area contributed by atoms with Crippen LogP contribution in [0.2, 0.25) is 0 Å². The molecular formula is C30H34FN3O2. The van der Waals surface area contributed by atoms with Crippen LogP contribution in [0.15, 0.2) is 78.9 Å². The van der Waals surface area contributed by atoms with E-state index in [1.54, 1.807) is 12.1 Å². The van der Waals surface area contributed by atoms with Gasteiger partial charge in [0.25, 0.3) is 0 Å². The number of aryl methyl sites for hydroxylation is 1. The maximum atomic E-state index is 14.4. The van der Waals surface area contributed by atoms with Crippen LogP contribution < -0.4 is 15.1 Å². The molecule has 0 saturated heterocycles. The maximum absolute atomic E-state index is 14.4. The molecule has 1 unspecified atom stereocenters. The summed E-state index contributed by atoms with van der Waals surface area (Å²) in [6.45, 7) is 1.96. The number of halogens is 1. The topological polar surface area (TPSA) is 52.7 Å². The highest BCUT2D eigenvalue weighted by atomic mass is 19.1. The van der Waals surface area contributed by atoms with E-state index in [9.17, 15) is 14.0 Å². The summed E-state index contributed by atoms with van der Waals surface area (Å²) in [5.41, 5.74) is 2.86. The number of hydrogen-bond acceptors (Lipinski definition) is 3. The summed E-state index contributed by atoms with van der Waals surface area (Å²) in [6.07, 6.45) is 5.18. The minimum Gasteiger partial charge on any atom is -0.365 e. The Morgan fingerprint density at radius 3 is 2.28 bits per heavy atom. The van der Waals surface area contributed by atoms with Gasteiger partial charge in [0.1, 0.15) is 11.9 Å². The average Bonchev–Trinajstić information content (AvgIpc) is 2.88. The van der Waals surface area contributed by atoms with Crippen molar-refractivity contribution in [3.63, 3.8) is 0 Å². The third kappa shape index (κ3) is 6.11. The number of anilines is 2. The molecule has 0 aliphatic heterocycles. The molecule has 1 atom stereocenters. The van der Waals surface area contributed by atoms with Crippen molar-refractivity contribution in [3.05, 3.63) is 95.8 Å². The maximum Gasteiger partial charge on any atom is 0.248 e. The van der Waals surface area contributed by atoms with Crippen molar-refractivity contribution in [3.8, 4) is 0 Å². The third-order valence-corrected chi connectivity index (χ3v) is 6.87. The second kappa shape index (κ2) is 11.8. The first-order valence-electron chi connectivity index (χ1n) is 12.6. The molecule has 0 spiro atoms. The zero-order valence-electron chi connectivity index (χ0n) is 21.0. The van der Waals surface area contributed by atoms with Gasteiger partial charge in [-0.25, -0.2) is 4.39 Å². The van der Waals surface area contributed by atoms with E-state index in [1.165, 1.54) is 23.5 Å². The molecular weight excluding hydrogens is 453 g/mol. The summed E-state index contributed by atoms with van der Waals surface area (Å²) >= 11 is 0. The van der Waals surface area contributed by atoms with Gasteiger partial charge in [0.2, 0.25) is 11.8 Å². The molecule has 0 bridgehead atoms. The molecule has 3 aromatic carbocycles. The number of rotatable bonds is 8. The zero-order valence-corrected chi connectivity index (χ0v) is 21.0. The molecule has 36 heavy (non-hydrogen) atoms. The van der Waals surface area contributed by atoms with Gasteiger partial charge in [0.05, 0.1) is 6.54 Å². The van der Waals surface area contributed by atoms with E-state index in [2.05, 4.69) is 5.32 Å². The summed E-state index contributed by atoms with van der Waals surface area (Å²) in [5, 5.41) is 3.21. The molecule has 0 heterocycles. The molecule has 1 fully saturated rings. The highest BCUT2D eigenvalue weighted by Crippen LogP contribution is 2.31. The van der Waals surface area contributed by atoms with Crippen LogP contribution in [0, 0.1) is 12.7 Å². The largest absolute Gasteiger partial charge is 0.365 e. The molecule has 0 aromatic heterocycles. The van der Waals surface area contributed by atoms with Crippen LogP contribution >= 0.6 is 0 Å². The molecule has 1 aliphatic rings.